The third-order valence-corrected chi connectivity index (χ3v) is 5.22. The van der Waals surface area contributed by atoms with Crippen LogP contribution in [-0.2, 0) is 16.0 Å². The molecule has 3 heterocycles. The van der Waals surface area contributed by atoms with Crippen molar-refractivity contribution >= 4 is 11.8 Å². The Bertz CT molecular complexity index is 610. The number of likely N-dealkylation sites (N-methyl/N-ethyl adjacent to an activating group) is 1. The van der Waals surface area contributed by atoms with Crippen LogP contribution in [0.4, 0.5) is 0 Å². The van der Waals surface area contributed by atoms with Gasteiger partial charge in [0.1, 0.15) is 11.9 Å². The van der Waals surface area contributed by atoms with Gasteiger partial charge in [0.15, 0.2) is 0 Å². The molecule has 1 unspecified atom stereocenters. The second-order valence-corrected chi connectivity index (χ2v) is 6.82. The normalized spacial score (nSPS) is 23.7. The van der Waals surface area contributed by atoms with Crippen molar-refractivity contribution in [3.05, 3.63) is 17.7 Å². The van der Waals surface area contributed by atoms with Crippen LogP contribution in [0.3, 0.4) is 0 Å². The Kier molecular flexibility index (Phi) is 4.41. The van der Waals surface area contributed by atoms with Crippen molar-refractivity contribution in [2.45, 2.75) is 58.0 Å². The van der Waals surface area contributed by atoms with E-state index in [2.05, 4.69) is 9.55 Å². The number of nitrogens with zero attached hydrogens (tertiary/aromatic N) is 4. The molecule has 126 valence electrons. The van der Waals surface area contributed by atoms with E-state index in [0.29, 0.717) is 6.54 Å². The lowest BCUT2D eigenvalue weighted by molar-refractivity contribution is -0.138. The lowest BCUT2D eigenvalue weighted by Gasteiger charge is -2.34. The molecule has 23 heavy (non-hydrogen) atoms. The van der Waals surface area contributed by atoms with E-state index < -0.39 is 0 Å². The third kappa shape index (κ3) is 2.99. The lowest BCUT2D eigenvalue weighted by atomic mass is 10.0. The molecule has 1 fully saturated rings. The molecule has 0 bridgehead atoms. The minimum absolute atomic E-state index is 0.0507. The third-order valence-electron chi connectivity index (χ3n) is 5.22. The quantitative estimate of drug-likeness (QED) is 0.849. The number of carbonyl (C=O) groups is 2. The molecule has 6 heteroatoms. The first kappa shape index (κ1) is 16.0. The van der Waals surface area contributed by atoms with Crippen molar-refractivity contribution in [1.82, 2.24) is 19.4 Å². The molecular formula is C17H26N4O2. The van der Waals surface area contributed by atoms with Crippen LogP contribution in [0, 0.1) is 6.92 Å². The number of rotatable bonds is 3. The lowest BCUT2D eigenvalue weighted by Crippen LogP contribution is -2.46. The zero-order valence-electron chi connectivity index (χ0n) is 14.3. The second kappa shape index (κ2) is 6.34. The van der Waals surface area contributed by atoms with E-state index in [1.54, 1.807) is 11.8 Å². The minimum atomic E-state index is -0.121. The van der Waals surface area contributed by atoms with Crippen LogP contribution >= 0.6 is 0 Å². The van der Waals surface area contributed by atoms with Crippen LogP contribution < -0.4 is 0 Å². The van der Waals surface area contributed by atoms with Crippen LogP contribution in [0.5, 0.6) is 0 Å². The topological polar surface area (TPSA) is 58.4 Å². The molecular weight excluding hydrogens is 292 g/mol. The van der Waals surface area contributed by atoms with Gasteiger partial charge < -0.3 is 14.4 Å². The van der Waals surface area contributed by atoms with E-state index in [4.69, 9.17) is 0 Å². The summed E-state index contributed by atoms with van der Waals surface area (Å²) < 4.78 is 2.12. The summed E-state index contributed by atoms with van der Waals surface area (Å²) in [6.07, 6.45) is 6.71. The van der Waals surface area contributed by atoms with E-state index in [1.807, 2.05) is 25.1 Å². The molecule has 0 aliphatic carbocycles. The van der Waals surface area contributed by atoms with Crippen LogP contribution in [0.15, 0.2) is 6.20 Å². The number of carbonyl (C=O) groups excluding carboxylic acids is 2. The molecule has 2 aliphatic heterocycles. The molecule has 6 nitrogen and oxygen atoms in total. The number of amides is 2. The van der Waals surface area contributed by atoms with Crippen molar-refractivity contribution in [2.24, 2.45) is 0 Å². The highest BCUT2D eigenvalue weighted by Crippen LogP contribution is 2.30. The second-order valence-electron chi connectivity index (χ2n) is 6.82. The van der Waals surface area contributed by atoms with E-state index in [-0.39, 0.29) is 23.9 Å². The summed E-state index contributed by atoms with van der Waals surface area (Å²) >= 11 is 0. The molecule has 0 spiro atoms. The zero-order chi connectivity index (χ0) is 16.6. The smallest absolute Gasteiger partial charge is 0.246 e. The molecule has 1 aromatic rings. The van der Waals surface area contributed by atoms with E-state index in [0.717, 1.165) is 50.2 Å². The maximum Gasteiger partial charge on any atom is 0.246 e. The Morgan fingerprint density at radius 2 is 2.13 bits per heavy atom. The molecule has 2 amide bonds. The molecule has 3 rings (SSSR count). The number of likely N-dealkylation sites (tertiary alicyclic amines) is 1. The Morgan fingerprint density at radius 1 is 1.35 bits per heavy atom. The maximum absolute atomic E-state index is 13.1. The summed E-state index contributed by atoms with van der Waals surface area (Å²) in [5, 5.41) is 0. The molecule has 0 N–H and O–H groups in total. The van der Waals surface area contributed by atoms with E-state index in [1.165, 1.54) is 0 Å². The Labute approximate surface area is 137 Å². The van der Waals surface area contributed by atoms with Crippen molar-refractivity contribution in [3.63, 3.8) is 0 Å². The number of imidazole rings is 1. The summed E-state index contributed by atoms with van der Waals surface area (Å²) in [5.74, 6) is 1.28. The van der Waals surface area contributed by atoms with Gasteiger partial charge in [-0.2, -0.15) is 0 Å². The van der Waals surface area contributed by atoms with Crippen molar-refractivity contribution in [1.29, 1.82) is 0 Å². The Balaban J connectivity index is 1.77. The number of aromatic nitrogens is 2. The van der Waals surface area contributed by atoms with Crippen LogP contribution in [0.25, 0.3) is 0 Å². The van der Waals surface area contributed by atoms with Crippen molar-refractivity contribution in [3.8, 4) is 0 Å². The van der Waals surface area contributed by atoms with Gasteiger partial charge in [-0.25, -0.2) is 4.98 Å². The Hall–Kier alpha value is -1.85. The van der Waals surface area contributed by atoms with Gasteiger partial charge in [-0.1, -0.05) is 0 Å². The minimum Gasteiger partial charge on any atom is -0.344 e. The number of fused-ring (bicyclic) bond motifs is 1. The average Bonchev–Trinajstić information content (AvgIpc) is 3.13. The summed E-state index contributed by atoms with van der Waals surface area (Å²) in [6, 6.07) is 0.0232. The van der Waals surface area contributed by atoms with Gasteiger partial charge in [-0.3, -0.25) is 9.59 Å². The fourth-order valence-electron chi connectivity index (χ4n) is 3.87. The molecule has 0 aromatic carbocycles. The Morgan fingerprint density at radius 3 is 2.87 bits per heavy atom. The fraction of sp³-hybridized carbons (Fsp3) is 0.706. The SMILES string of the molecule is CC(=O)N(C)C[C@H]1CCCN1C(=O)C1CCCc2ncc(C)n21. The van der Waals surface area contributed by atoms with E-state index >= 15 is 0 Å². The van der Waals surface area contributed by atoms with E-state index in [9.17, 15) is 9.59 Å². The summed E-state index contributed by atoms with van der Waals surface area (Å²) in [7, 11) is 1.81. The van der Waals surface area contributed by atoms with Crippen molar-refractivity contribution in [2.75, 3.05) is 20.1 Å². The van der Waals surface area contributed by atoms with Gasteiger partial charge in [0.25, 0.3) is 0 Å². The highest BCUT2D eigenvalue weighted by molar-refractivity contribution is 5.81. The highest BCUT2D eigenvalue weighted by atomic mass is 16.2. The van der Waals surface area contributed by atoms with Crippen LogP contribution in [0.1, 0.15) is 50.2 Å². The first-order valence-corrected chi connectivity index (χ1v) is 8.54. The van der Waals surface area contributed by atoms with Gasteiger partial charge in [-0.05, 0) is 32.6 Å². The number of aryl methyl sites for hydroxylation is 2. The monoisotopic (exact) mass is 318 g/mol. The largest absolute Gasteiger partial charge is 0.344 e. The van der Waals surface area contributed by atoms with Crippen molar-refractivity contribution < 1.29 is 9.59 Å². The fourth-order valence-corrected chi connectivity index (χ4v) is 3.87. The summed E-state index contributed by atoms with van der Waals surface area (Å²) in [4.78, 5) is 32.8. The van der Waals surface area contributed by atoms with Crippen LogP contribution in [-0.4, -0.2) is 57.3 Å². The zero-order valence-corrected chi connectivity index (χ0v) is 14.3. The number of hydrogen-bond acceptors (Lipinski definition) is 3. The van der Waals surface area contributed by atoms with Gasteiger partial charge in [0.2, 0.25) is 11.8 Å². The molecule has 1 saturated heterocycles. The first-order valence-electron chi connectivity index (χ1n) is 8.54. The number of hydrogen-bond donors (Lipinski definition) is 0. The highest BCUT2D eigenvalue weighted by Gasteiger charge is 2.36. The standard InChI is InChI=1S/C17H26N4O2/c1-12-10-18-16-8-4-7-15(21(12)16)17(23)20-9-5-6-14(20)11-19(3)13(2)22/h10,14-15H,4-9,11H2,1-3H3/t14-,15?/m1/s1. The average molecular weight is 318 g/mol. The van der Waals surface area contributed by atoms with Crippen LogP contribution in [0.2, 0.25) is 0 Å². The first-order chi connectivity index (χ1) is 11.0. The van der Waals surface area contributed by atoms with Gasteiger partial charge in [0, 0.05) is 51.4 Å². The molecule has 0 saturated carbocycles. The summed E-state index contributed by atoms with van der Waals surface area (Å²) in [5.41, 5.74) is 1.06. The van der Waals surface area contributed by atoms with Gasteiger partial charge >= 0.3 is 0 Å². The predicted molar refractivity (Wildman–Crippen MR) is 87.0 cm³/mol. The molecule has 2 atom stereocenters. The van der Waals surface area contributed by atoms with Gasteiger partial charge in [0.05, 0.1) is 0 Å². The molecule has 1 aromatic heterocycles. The predicted octanol–water partition coefficient (Wildman–Crippen LogP) is 1.54. The maximum atomic E-state index is 13.1. The van der Waals surface area contributed by atoms with Gasteiger partial charge in [-0.15, -0.1) is 0 Å². The summed E-state index contributed by atoms with van der Waals surface area (Å²) in [6.45, 7) is 5.02. The molecule has 2 aliphatic rings. The molecule has 0 radical (unpaired) electrons.